The Bertz CT molecular complexity index is 481. The standard InChI is InChI=1S/C19H31N3O2.ClH/c23-18(21-11-3-4-12-21)16-5-1-2-6-17(16)19(24)22-14-7-8-15(22)13-20-10-9-14;/h14-17,20H,1-13H2;1H. The predicted octanol–water partition coefficient (Wildman–Crippen LogP) is 2.19. The van der Waals surface area contributed by atoms with Crippen molar-refractivity contribution in [2.45, 2.75) is 69.9 Å². The van der Waals surface area contributed by atoms with Crippen LogP contribution >= 0.6 is 12.4 Å². The first kappa shape index (κ1) is 19.0. The van der Waals surface area contributed by atoms with E-state index in [2.05, 4.69) is 10.2 Å². The van der Waals surface area contributed by atoms with Crippen LogP contribution in [0.3, 0.4) is 0 Å². The van der Waals surface area contributed by atoms with E-state index in [1.807, 2.05) is 4.90 Å². The minimum absolute atomic E-state index is 0. The summed E-state index contributed by atoms with van der Waals surface area (Å²) in [6.45, 7) is 3.75. The third-order valence-corrected chi connectivity index (χ3v) is 6.73. The Morgan fingerprint density at radius 3 is 2.12 bits per heavy atom. The zero-order valence-corrected chi connectivity index (χ0v) is 15.9. The van der Waals surface area contributed by atoms with E-state index >= 15 is 0 Å². The molecule has 4 rings (SSSR count). The molecule has 0 aromatic carbocycles. The Balaban J connectivity index is 0.00000182. The molecular weight excluding hydrogens is 338 g/mol. The molecule has 0 spiro atoms. The molecule has 4 atom stereocenters. The Hall–Kier alpha value is -0.810. The molecule has 142 valence electrons. The minimum atomic E-state index is -0.0620. The van der Waals surface area contributed by atoms with Crippen molar-refractivity contribution in [3.05, 3.63) is 0 Å². The number of likely N-dealkylation sites (tertiary alicyclic amines) is 1. The van der Waals surface area contributed by atoms with Crippen LogP contribution in [0.5, 0.6) is 0 Å². The molecule has 2 bridgehead atoms. The number of carbonyl (C=O) groups is 2. The third kappa shape index (κ3) is 3.68. The molecule has 0 aromatic rings. The van der Waals surface area contributed by atoms with Gasteiger partial charge < -0.3 is 15.1 Å². The summed E-state index contributed by atoms with van der Waals surface area (Å²) >= 11 is 0. The number of fused-ring (bicyclic) bond motifs is 2. The molecule has 3 heterocycles. The third-order valence-electron chi connectivity index (χ3n) is 6.73. The molecular formula is C19H32ClN3O2. The zero-order chi connectivity index (χ0) is 16.5. The molecule has 1 saturated carbocycles. The van der Waals surface area contributed by atoms with Crippen molar-refractivity contribution < 1.29 is 9.59 Å². The topological polar surface area (TPSA) is 52.7 Å². The number of nitrogens with zero attached hydrogens (tertiary/aromatic N) is 2. The quantitative estimate of drug-likeness (QED) is 0.811. The van der Waals surface area contributed by atoms with E-state index in [0.29, 0.717) is 18.0 Å². The summed E-state index contributed by atoms with van der Waals surface area (Å²) in [6, 6.07) is 0.761. The summed E-state index contributed by atoms with van der Waals surface area (Å²) in [4.78, 5) is 30.6. The van der Waals surface area contributed by atoms with Crippen LogP contribution in [-0.4, -0.2) is 59.9 Å². The molecule has 6 heteroatoms. The number of halogens is 1. The van der Waals surface area contributed by atoms with Crippen molar-refractivity contribution >= 4 is 24.2 Å². The molecule has 0 aromatic heterocycles. The lowest BCUT2D eigenvalue weighted by atomic mass is 9.77. The Morgan fingerprint density at radius 2 is 1.40 bits per heavy atom. The van der Waals surface area contributed by atoms with Crippen molar-refractivity contribution in [3.8, 4) is 0 Å². The second-order valence-electron chi connectivity index (χ2n) is 8.15. The van der Waals surface area contributed by atoms with Crippen LogP contribution in [0.2, 0.25) is 0 Å². The molecule has 3 saturated heterocycles. The molecule has 4 fully saturated rings. The number of rotatable bonds is 2. The summed E-state index contributed by atoms with van der Waals surface area (Å²) in [5, 5.41) is 3.48. The lowest BCUT2D eigenvalue weighted by molar-refractivity contribution is -0.149. The maximum absolute atomic E-state index is 13.4. The summed E-state index contributed by atoms with van der Waals surface area (Å²) in [5.41, 5.74) is 0. The average molecular weight is 370 g/mol. The zero-order valence-electron chi connectivity index (χ0n) is 15.1. The van der Waals surface area contributed by atoms with Crippen LogP contribution in [0.4, 0.5) is 0 Å². The van der Waals surface area contributed by atoms with Gasteiger partial charge in [-0.1, -0.05) is 12.8 Å². The van der Waals surface area contributed by atoms with Gasteiger partial charge in [-0.15, -0.1) is 12.4 Å². The van der Waals surface area contributed by atoms with Gasteiger partial charge in [0.25, 0.3) is 0 Å². The van der Waals surface area contributed by atoms with Gasteiger partial charge in [0.1, 0.15) is 0 Å². The maximum Gasteiger partial charge on any atom is 0.227 e. The number of carbonyl (C=O) groups excluding carboxylic acids is 2. The largest absolute Gasteiger partial charge is 0.342 e. The number of amides is 2. The molecule has 1 aliphatic carbocycles. The van der Waals surface area contributed by atoms with Crippen molar-refractivity contribution in [2.75, 3.05) is 26.2 Å². The van der Waals surface area contributed by atoms with E-state index in [1.54, 1.807) is 0 Å². The Kier molecular flexibility index (Phi) is 6.26. The van der Waals surface area contributed by atoms with Gasteiger partial charge in [0.05, 0.1) is 0 Å². The van der Waals surface area contributed by atoms with Gasteiger partial charge in [-0.2, -0.15) is 0 Å². The average Bonchev–Trinajstić information content (AvgIpc) is 3.21. The lowest BCUT2D eigenvalue weighted by Gasteiger charge is -2.37. The van der Waals surface area contributed by atoms with Crippen LogP contribution in [0.1, 0.15) is 57.8 Å². The van der Waals surface area contributed by atoms with Gasteiger partial charge in [-0.05, 0) is 51.5 Å². The van der Waals surface area contributed by atoms with E-state index < -0.39 is 0 Å². The number of nitrogens with one attached hydrogen (secondary N) is 1. The van der Waals surface area contributed by atoms with Gasteiger partial charge in [0.2, 0.25) is 11.8 Å². The molecule has 3 aliphatic heterocycles. The van der Waals surface area contributed by atoms with Crippen LogP contribution < -0.4 is 5.32 Å². The SMILES string of the molecule is Cl.O=C(C1CCCCC1C(=O)N1C2CCNCC1CC2)N1CCCC1. The van der Waals surface area contributed by atoms with Gasteiger partial charge in [0, 0.05) is 43.6 Å². The molecule has 5 nitrogen and oxygen atoms in total. The summed E-state index contributed by atoms with van der Waals surface area (Å²) < 4.78 is 0. The normalized spacial score (nSPS) is 35.2. The summed E-state index contributed by atoms with van der Waals surface area (Å²) in [6.07, 6.45) is 9.61. The molecule has 0 radical (unpaired) electrons. The molecule has 4 unspecified atom stereocenters. The van der Waals surface area contributed by atoms with Crippen molar-refractivity contribution in [3.63, 3.8) is 0 Å². The molecule has 4 aliphatic rings. The highest BCUT2D eigenvalue weighted by Crippen LogP contribution is 2.37. The minimum Gasteiger partial charge on any atom is -0.342 e. The fourth-order valence-electron chi connectivity index (χ4n) is 5.43. The number of hydrogen-bond donors (Lipinski definition) is 1. The van der Waals surface area contributed by atoms with E-state index in [9.17, 15) is 9.59 Å². The fourth-order valence-corrected chi connectivity index (χ4v) is 5.43. The second-order valence-corrected chi connectivity index (χ2v) is 8.15. The van der Waals surface area contributed by atoms with E-state index in [4.69, 9.17) is 0 Å². The first-order valence-electron chi connectivity index (χ1n) is 10.1. The monoisotopic (exact) mass is 369 g/mol. The van der Waals surface area contributed by atoms with Crippen molar-refractivity contribution in [1.82, 2.24) is 15.1 Å². The molecule has 2 amide bonds. The smallest absolute Gasteiger partial charge is 0.227 e. The van der Waals surface area contributed by atoms with Crippen molar-refractivity contribution in [2.24, 2.45) is 11.8 Å². The fraction of sp³-hybridized carbons (Fsp3) is 0.895. The summed E-state index contributed by atoms with van der Waals surface area (Å²) in [7, 11) is 0. The van der Waals surface area contributed by atoms with Crippen molar-refractivity contribution in [1.29, 1.82) is 0 Å². The van der Waals surface area contributed by atoms with Gasteiger partial charge in [0.15, 0.2) is 0 Å². The summed E-state index contributed by atoms with van der Waals surface area (Å²) in [5.74, 6) is 0.447. The predicted molar refractivity (Wildman–Crippen MR) is 99.7 cm³/mol. The van der Waals surface area contributed by atoms with E-state index in [0.717, 1.165) is 84.0 Å². The first-order chi connectivity index (χ1) is 11.8. The number of hydrogen-bond acceptors (Lipinski definition) is 3. The van der Waals surface area contributed by atoms with E-state index in [-0.39, 0.29) is 30.2 Å². The van der Waals surface area contributed by atoms with Gasteiger partial charge in [-0.25, -0.2) is 0 Å². The van der Waals surface area contributed by atoms with Crippen LogP contribution in [-0.2, 0) is 9.59 Å². The highest BCUT2D eigenvalue weighted by Gasteiger charge is 2.45. The van der Waals surface area contributed by atoms with Crippen LogP contribution in [0, 0.1) is 11.8 Å². The molecule has 1 N–H and O–H groups in total. The van der Waals surface area contributed by atoms with Gasteiger partial charge in [-0.3, -0.25) is 9.59 Å². The highest BCUT2D eigenvalue weighted by molar-refractivity contribution is 5.88. The second kappa shape index (κ2) is 8.26. The van der Waals surface area contributed by atoms with Crippen LogP contribution in [0.25, 0.3) is 0 Å². The molecule has 25 heavy (non-hydrogen) atoms. The Labute approximate surface area is 157 Å². The van der Waals surface area contributed by atoms with E-state index in [1.165, 1.54) is 0 Å². The highest BCUT2D eigenvalue weighted by atomic mass is 35.5. The van der Waals surface area contributed by atoms with Gasteiger partial charge >= 0.3 is 0 Å². The Morgan fingerprint density at radius 1 is 0.760 bits per heavy atom. The lowest BCUT2D eigenvalue weighted by Crippen LogP contribution is -2.50. The maximum atomic E-state index is 13.4. The first-order valence-corrected chi connectivity index (χ1v) is 10.1. The van der Waals surface area contributed by atoms with Crippen LogP contribution in [0.15, 0.2) is 0 Å².